The lowest BCUT2D eigenvalue weighted by molar-refractivity contribution is -0.130. The van der Waals surface area contributed by atoms with E-state index in [2.05, 4.69) is 34.4 Å². The van der Waals surface area contributed by atoms with Crippen LogP contribution < -0.4 is 15.4 Å². The maximum atomic E-state index is 11.7. The summed E-state index contributed by atoms with van der Waals surface area (Å²) in [4.78, 5) is 20.1. The Bertz CT molecular complexity index is 702. The average molecular weight is 434 g/mol. The number of amides is 1. The van der Waals surface area contributed by atoms with E-state index in [-0.39, 0.29) is 12.5 Å². The quantitative estimate of drug-likeness (QED) is 0.431. The van der Waals surface area contributed by atoms with Gasteiger partial charge in [0.2, 0.25) is 0 Å². The van der Waals surface area contributed by atoms with E-state index in [1.54, 1.807) is 21.1 Å². The zero-order valence-corrected chi connectivity index (χ0v) is 19.7. The third kappa shape index (κ3) is 9.14. The molecule has 174 valence electrons. The van der Waals surface area contributed by atoms with Gasteiger partial charge in [-0.25, -0.2) is 0 Å². The van der Waals surface area contributed by atoms with E-state index in [1.165, 1.54) is 4.90 Å². The average Bonchev–Trinajstić information content (AvgIpc) is 2.77. The Labute approximate surface area is 187 Å². The Kier molecular flexibility index (Phi) is 10.6. The maximum Gasteiger partial charge on any atom is 0.259 e. The minimum Gasteiger partial charge on any atom is -0.484 e. The first kappa shape index (κ1) is 24.9. The first-order valence-electron chi connectivity index (χ1n) is 11.1. The van der Waals surface area contributed by atoms with Crippen molar-refractivity contribution >= 4 is 11.9 Å². The van der Waals surface area contributed by atoms with Gasteiger partial charge in [-0.1, -0.05) is 26.0 Å². The molecule has 1 aliphatic rings. The van der Waals surface area contributed by atoms with Gasteiger partial charge in [-0.3, -0.25) is 14.7 Å². The Morgan fingerprint density at radius 3 is 2.65 bits per heavy atom. The predicted octanol–water partition coefficient (Wildman–Crippen LogP) is 1.57. The summed E-state index contributed by atoms with van der Waals surface area (Å²) < 4.78 is 11.1. The van der Waals surface area contributed by atoms with Gasteiger partial charge in [0.05, 0.1) is 13.2 Å². The summed E-state index contributed by atoms with van der Waals surface area (Å²) in [6, 6.07) is 8.21. The number of guanidine groups is 1. The summed E-state index contributed by atoms with van der Waals surface area (Å²) in [5.74, 6) is 2.02. The highest BCUT2D eigenvalue weighted by Gasteiger charge is 2.22. The largest absolute Gasteiger partial charge is 0.484 e. The molecule has 8 heteroatoms. The molecule has 1 atom stereocenters. The molecule has 1 aromatic carbocycles. The molecule has 1 heterocycles. The number of aliphatic imine (C=N–C) groups is 1. The van der Waals surface area contributed by atoms with Crippen molar-refractivity contribution in [3.63, 3.8) is 0 Å². The fourth-order valence-electron chi connectivity index (χ4n) is 3.49. The monoisotopic (exact) mass is 433 g/mol. The van der Waals surface area contributed by atoms with Gasteiger partial charge >= 0.3 is 0 Å². The smallest absolute Gasteiger partial charge is 0.259 e. The second-order valence-corrected chi connectivity index (χ2v) is 8.46. The molecule has 2 rings (SSSR count). The third-order valence-corrected chi connectivity index (χ3v) is 5.25. The summed E-state index contributed by atoms with van der Waals surface area (Å²) in [5.41, 5.74) is 1.06. The van der Waals surface area contributed by atoms with Crippen molar-refractivity contribution < 1.29 is 14.3 Å². The van der Waals surface area contributed by atoms with E-state index in [1.807, 2.05) is 24.3 Å². The molecular weight excluding hydrogens is 394 g/mol. The molecule has 0 aromatic heterocycles. The van der Waals surface area contributed by atoms with Crippen LogP contribution in [0.5, 0.6) is 5.75 Å². The van der Waals surface area contributed by atoms with Gasteiger partial charge in [0, 0.05) is 53.4 Å². The molecule has 31 heavy (non-hydrogen) atoms. The Hall–Kier alpha value is -2.32. The van der Waals surface area contributed by atoms with Crippen LogP contribution in [-0.4, -0.2) is 88.3 Å². The summed E-state index contributed by atoms with van der Waals surface area (Å²) in [7, 11) is 5.22. The summed E-state index contributed by atoms with van der Waals surface area (Å²) in [6.45, 7) is 9.59. The van der Waals surface area contributed by atoms with Crippen LogP contribution in [0.3, 0.4) is 0 Å². The molecule has 0 saturated carbocycles. The lowest BCUT2D eigenvalue weighted by atomic mass is 10.0. The number of hydrogen-bond acceptors (Lipinski definition) is 5. The van der Waals surface area contributed by atoms with E-state index >= 15 is 0 Å². The number of carbonyl (C=O) groups excluding carboxylic acids is 1. The molecule has 1 amide bonds. The summed E-state index contributed by atoms with van der Waals surface area (Å²) in [5, 5.41) is 6.86. The van der Waals surface area contributed by atoms with Gasteiger partial charge in [0.25, 0.3) is 5.91 Å². The fraction of sp³-hybridized carbons (Fsp3) is 0.652. The van der Waals surface area contributed by atoms with Crippen molar-refractivity contribution in [3.8, 4) is 5.75 Å². The van der Waals surface area contributed by atoms with Crippen LogP contribution in [0.1, 0.15) is 25.8 Å². The summed E-state index contributed by atoms with van der Waals surface area (Å²) >= 11 is 0. The highest BCUT2D eigenvalue weighted by Crippen LogP contribution is 2.14. The minimum absolute atomic E-state index is 0.0336. The number of hydrogen-bond donors (Lipinski definition) is 2. The van der Waals surface area contributed by atoms with Gasteiger partial charge in [-0.15, -0.1) is 0 Å². The second-order valence-electron chi connectivity index (χ2n) is 8.46. The molecule has 1 aliphatic heterocycles. The van der Waals surface area contributed by atoms with E-state index < -0.39 is 0 Å². The maximum absolute atomic E-state index is 11.7. The van der Waals surface area contributed by atoms with Crippen LogP contribution in [0.2, 0.25) is 0 Å². The molecule has 1 fully saturated rings. The van der Waals surface area contributed by atoms with E-state index in [9.17, 15) is 4.79 Å². The lowest BCUT2D eigenvalue weighted by Crippen LogP contribution is -2.50. The molecule has 8 nitrogen and oxygen atoms in total. The zero-order chi connectivity index (χ0) is 22.6. The number of rotatable bonds is 10. The van der Waals surface area contributed by atoms with Crippen molar-refractivity contribution in [2.24, 2.45) is 10.9 Å². The van der Waals surface area contributed by atoms with Crippen molar-refractivity contribution in [2.75, 3.05) is 60.6 Å². The molecule has 0 radical (unpaired) electrons. The molecule has 0 spiro atoms. The van der Waals surface area contributed by atoms with Crippen molar-refractivity contribution in [1.82, 2.24) is 20.4 Å². The number of likely N-dealkylation sites (N-methyl/N-ethyl adjacent to an activating group) is 1. The number of carbonyl (C=O) groups is 1. The number of morpholine rings is 1. The molecule has 1 saturated heterocycles. The highest BCUT2D eigenvalue weighted by molar-refractivity contribution is 5.79. The topological polar surface area (TPSA) is 78.4 Å². The standard InChI is InChI=1S/C23H39N5O3/c1-18(2)13-20(28-9-11-30-12-10-28)16-26-23(24-3)25-15-19-7-6-8-21(14-19)31-17-22(29)27(4)5/h6-8,14,18,20H,9-13,15-17H2,1-5H3,(H2,24,25,26). The predicted molar refractivity (Wildman–Crippen MR) is 124 cm³/mol. The molecule has 1 aromatic rings. The van der Waals surface area contributed by atoms with Gasteiger partial charge in [0.1, 0.15) is 5.75 Å². The van der Waals surface area contributed by atoms with Crippen LogP contribution >= 0.6 is 0 Å². The number of nitrogens with zero attached hydrogens (tertiary/aromatic N) is 3. The normalized spacial score (nSPS) is 16.1. The first-order valence-corrected chi connectivity index (χ1v) is 11.1. The van der Waals surface area contributed by atoms with E-state index in [4.69, 9.17) is 9.47 Å². The van der Waals surface area contributed by atoms with Crippen LogP contribution in [0.4, 0.5) is 0 Å². The fourth-order valence-corrected chi connectivity index (χ4v) is 3.49. The van der Waals surface area contributed by atoms with Gasteiger partial charge < -0.3 is 25.0 Å². The van der Waals surface area contributed by atoms with Crippen LogP contribution in [0.25, 0.3) is 0 Å². The Balaban J connectivity index is 1.85. The zero-order valence-electron chi connectivity index (χ0n) is 19.7. The Morgan fingerprint density at radius 2 is 2.00 bits per heavy atom. The Morgan fingerprint density at radius 1 is 1.26 bits per heavy atom. The van der Waals surface area contributed by atoms with Gasteiger partial charge in [0.15, 0.2) is 12.6 Å². The van der Waals surface area contributed by atoms with Crippen molar-refractivity contribution in [2.45, 2.75) is 32.9 Å². The molecule has 0 aliphatic carbocycles. The van der Waals surface area contributed by atoms with Crippen LogP contribution in [0.15, 0.2) is 29.3 Å². The van der Waals surface area contributed by atoms with E-state index in [0.717, 1.165) is 50.8 Å². The lowest BCUT2D eigenvalue weighted by Gasteiger charge is -2.35. The molecule has 2 N–H and O–H groups in total. The number of ether oxygens (including phenoxy) is 2. The molecular formula is C23H39N5O3. The van der Waals surface area contributed by atoms with Crippen molar-refractivity contribution in [1.29, 1.82) is 0 Å². The first-order chi connectivity index (χ1) is 14.9. The highest BCUT2D eigenvalue weighted by atomic mass is 16.5. The van der Waals surface area contributed by atoms with Crippen molar-refractivity contribution in [3.05, 3.63) is 29.8 Å². The van der Waals surface area contributed by atoms with Gasteiger partial charge in [-0.2, -0.15) is 0 Å². The van der Waals surface area contributed by atoms with E-state index in [0.29, 0.717) is 24.3 Å². The van der Waals surface area contributed by atoms with Gasteiger partial charge in [-0.05, 0) is 30.0 Å². The molecule has 0 bridgehead atoms. The third-order valence-electron chi connectivity index (χ3n) is 5.25. The second kappa shape index (κ2) is 13.2. The minimum atomic E-state index is -0.0654. The number of nitrogens with one attached hydrogen (secondary N) is 2. The van der Waals surface area contributed by atoms with Crippen LogP contribution in [0, 0.1) is 5.92 Å². The SMILES string of the molecule is CN=C(NCc1cccc(OCC(=O)N(C)C)c1)NCC(CC(C)C)N1CCOCC1. The molecule has 1 unspecified atom stereocenters. The van der Waals surface area contributed by atoms with Crippen LogP contribution in [-0.2, 0) is 16.1 Å². The number of benzene rings is 1. The summed E-state index contributed by atoms with van der Waals surface area (Å²) in [6.07, 6.45) is 1.13.